The number of hydrogen-bond acceptors (Lipinski definition) is 2. The molecule has 1 aromatic rings. The van der Waals surface area contributed by atoms with Gasteiger partial charge in [-0.3, -0.25) is 4.98 Å². The topological polar surface area (TPSA) is 54.0 Å². The fraction of sp³-hybridized carbons (Fsp3) is 0.571. The van der Waals surface area contributed by atoms with Gasteiger partial charge in [0, 0.05) is 18.4 Å². The molecular formula is C14H21N3O. The first-order valence-electron chi connectivity index (χ1n) is 6.72. The van der Waals surface area contributed by atoms with Crippen molar-refractivity contribution in [3.63, 3.8) is 0 Å². The highest BCUT2D eigenvalue weighted by Crippen LogP contribution is 2.17. The van der Waals surface area contributed by atoms with E-state index in [1.165, 1.54) is 19.3 Å². The first-order valence-corrected chi connectivity index (χ1v) is 6.72. The summed E-state index contributed by atoms with van der Waals surface area (Å²) in [6.45, 7) is 1.98. The van der Waals surface area contributed by atoms with Crippen molar-refractivity contribution < 1.29 is 4.79 Å². The van der Waals surface area contributed by atoms with Gasteiger partial charge in [-0.05, 0) is 37.5 Å². The molecule has 1 saturated carbocycles. The largest absolute Gasteiger partial charge is 0.335 e. The van der Waals surface area contributed by atoms with Crippen molar-refractivity contribution in [3.05, 3.63) is 30.1 Å². The first kappa shape index (κ1) is 12.9. The van der Waals surface area contributed by atoms with Crippen LogP contribution in [0.2, 0.25) is 0 Å². The molecule has 98 valence electrons. The maximum Gasteiger partial charge on any atom is 0.315 e. The third kappa shape index (κ3) is 3.72. The minimum absolute atomic E-state index is 0.0107. The summed E-state index contributed by atoms with van der Waals surface area (Å²) in [5, 5.41) is 6.02. The Hall–Kier alpha value is -1.58. The van der Waals surface area contributed by atoms with Crippen LogP contribution in [0.25, 0.3) is 0 Å². The normalized spacial score (nSPS) is 18.1. The van der Waals surface area contributed by atoms with Crippen LogP contribution >= 0.6 is 0 Å². The van der Waals surface area contributed by atoms with Crippen LogP contribution in [-0.2, 0) is 0 Å². The minimum atomic E-state index is -0.0637. The number of hydrogen-bond donors (Lipinski definition) is 2. The number of amides is 2. The molecule has 2 N–H and O–H groups in total. The van der Waals surface area contributed by atoms with Crippen molar-refractivity contribution in [1.29, 1.82) is 0 Å². The highest BCUT2D eigenvalue weighted by atomic mass is 16.2. The molecule has 4 nitrogen and oxygen atoms in total. The van der Waals surface area contributed by atoms with Crippen LogP contribution in [0.1, 0.15) is 50.6 Å². The SMILES string of the molecule is C[C@@H](NC(=O)NC1CCCCC1)c1ccncc1. The Morgan fingerprint density at radius 2 is 1.94 bits per heavy atom. The van der Waals surface area contributed by atoms with Gasteiger partial charge in [0.2, 0.25) is 0 Å². The van der Waals surface area contributed by atoms with Crippen molar-refractivity contribution in [2.45, 2.75) is 51.1 Å². The lowest BCUT2D eigenvalue weighted by Crippen LogP contribution is -2.43. The predicted molar refractivity (Wildman–Crippen MR) is 71.2 cm³/mol. The van der Waals surface area contributed by atoms with Gasteiger partial charge in [0.1, 0.15) is 0 Å². The molecule has 1 atom stereocenters. The second-order valence-corrected chi connectivity index (χ2v) is 4.95. The van der Waals surface area contributed by atoms with E-state index in [0.717, 1.165) is 18.4 Å². The number of pyridine rings is 1. The minimum Gasteiger partial charge on any atom is -0.335 e. The molecular weight excluding hydrogens is 226 g/mol. The summed E-state index contributed by atoms with van der Waals surface area (Å²) >= 11 is 0. The van der Waals surface area contributed by atoms with Gasteiger partial charge in [-0.25, -0.2) is 4.79 Å². The van der Waals surface area contributed by atoms with E-state index in [1.54, 1.807) is 12.4 Å². The summed E-state index contributed by atoms with van der Waals surface area (Å²) in [5.74, 6) is 0. The van der Waals surface area contributed by atoms with Gasteiger partial charge in [-0.2, -0.15) is 0 Å². The molecule has 0 spiro atoms. The van der Waals surface area contributed by atoms with Crippen molar-refractivity contribution in [2.24, 2.45) is 0 Å². The molecule has 1 aliphatic rings. The Bertz CT molecular complexity index is 374. The van der Waals surface area contributed by atoms with E-state index in [2.05, 4.69) is 15.6 Å². The van der Waals surface area contributed by atoms with E-state index in [0.29, 0.717) is 6.04 Å². The molecule has 4 heteroatoms. The summed E-state index contributed by atoms with van der Waals surface area (Å²) in [4.78, 5) is 15.8. The number of carbonyl (C=O) groups is 1. The molecule has 0 saturated heterocycles. The average molecular weight is 247 g/mol. The van der Waals surface area contributed by atoms with Crippen LogP contribution < -0.4 is 10.6 Å². The van der Waals surface area contributed by atoms with E-state index in [4.69, 9.17) is 0 Å². The number of carbonyl (C=O) groups excluding carboxylic acids is 1. The van der Waals surface area contributed by atoms with E-state index < -0.39 is 0 Å². The van der Waals surface area contributed by atoms with Gasteiger partial charge in [0.15, 0.2) is 0 Å². The molecule has 2 amide bonds. The fourth-order valence-corrected chi connectivity index (χ4v) is 2.41. The zero-order valence-electron chi connectivity index (χ0n) is 10.9. The quantitative estimate of drug-likeness (QED) is 0.863. The number of urea groups is 1. The Kier molecular flexibility index (Phi) is 4.56. The monoisotopic (exact) mass is 247 g/mol. The molecule has 0 aromatic carbocycles. The molecule has 0 bridgehead atoms. The molecule has 0 radical (unpaired) electrons. The second-order valence-electron chi connectivity index (χ2n) is 4.95. The highest BCUT2D eigenvalue weighted by molar-refractivity contribution is 5.74. The third-order valence-electron chi connectivity index (χ3n) is 3.49. The molecule has 1 fully saturated rings. The maximum absolute atomic E-state index is 11.9. The molecule has 1 heterocycles. The summed E-state index contributed by atoms with van der Waals surface area (Å²) < 4.78 is 0. The van der Waals surface area contributed by atoms with Crippen molar-refractivity contribution in [1.82, 2.24) is 15.6 Å². The van der Waals surface area contributed by atoms with Gasteiger partial charge in [-0.1, -0.05) is 19.3 Å². The smallest absolute Gasteiger partial charge is 0.315 e. The van der Waals surface area contributed by atoms with Gasteiger partial charge in [-0.15, -0.1) is 0 Å². The molecule has 1 aromatic heterocycles. The number of aromatic nitrogens is 1. The summed E-state index contributed by atoms with van der Waals surface area (Å²) in [5.41, 5.74) is 1.07. The molecule has 0 aliphatic heterocycles. The lowest BCUT2D eigenvalue weighted by atomic mass is 9.96. The van der Waals surface area contributed by atoms with E-state index >= 15 is 0 Å². The van der Waals surface area contributed by atoms with E-state index in [-0.39, 0.29) is 12.1 Å². The molecule has 1 aliphatic carbocycles. The standard InChI is InChI=1S/C14H21N3O/c1-11(12-7-9-15-10-8-12)16-14(18)17-13-5-3-2-4-6-13/h7-11,13H,2-6H2,1H3,(H2,16,17,18)/t11-/m1/s1. The summed E-state index contributed by atoms with van der Waals surface area (Å²) in [6, 6.07) is 4.14. The lowest BCUT2D eigenvalue weighted by molar-refractivity contribution is 0.229. The first-order chi connectivity index (χ1) is 8.75. The zero-order chi connectivity index (χ0) is 12.8. The van der Waals surface area contributed by atoms with Gasteiger partial charge >= 0.3 is 6.03 Å². The zero-order valence-corrected chi connectivity index (χ0v) is 10.9. The lowest BCUT2D eigenvalue weighted by Gasteiger charge is -2.24. The maximum atomic E-state index is 11.9. The van der Waals surface area contributed by atoms with Crippen LogP contribution in [0.5, 0.6) is 0 Å². The summed E-state index contributed by atoms with van der Waals surface area (Å²) in [7, 11) is 0. The highest BCUT2D eigenvalue weighted by Gasteiger charge is 2.16. The Morgan fingerprint density at radius 3 is 2.61 bits per heavy atom. The average Bonchev–Trinajstić information content (AvgIpc) is 2.40. The van der Waals surface area contributed by atoms with Crippen LogP contribution in [-0.4, -0.2) is 17.1 Å². The predicted octanol–water partition coefficient (Wildman–Crippen LogP) is 2.77. The third-order valence-corrected chi connectivity index (χ3v) is 3.49. The van der Waals surface area contributed by atoms with Gasteiger partial charge < -0.3 is 10.6 Å². The van der Waals surface area contributed by atoms with Crippen LogP contribution in [0.4, 0.5) is 4.79 Å². The number of nitrogens with zero attached hydrogens (tertiary/aromatic N) is 1. The fourth-order valence-electron chi connectivity index (χ4n) is 2.41. The van der Waals surface area contributed by atoms with Crippen molar-refractivity contribution in [2.75, 3.05) is 0 Å². The van der Waals surface area contributed by atoms with Crippen molar-refractivity contribution in [3.8, 4) is 0 Å². The summed E-state index contributed by atoms with van der Waals surface area (Å²) in [6.07, 6.45) is 9.45. The van der Waals surface area contributed by atoms with Gasteiger partial charge in [0.05, 0.1) is 6.04 Å². The van der Waals surface area contributed by atoms with Crippen molar-refractivity contribution >= 4 is 6.03 Å². The number of rotatable bonds is 3. The van der Waals surface area contributed by atoms with Crippen LogP contribution in [0, 0.1) is 0 Å². The Balaban J connectivity index is 1.80. The molecule has 0 unspecified atom stereocenters. The van der Waals surface area contributed by atoms with E-state index in [1.807, 2.05) is 19.1 Å². The van der Waals surface area contributed by atoms with Crippen LogP contribution in [0.3, 0.4) is 0 Å². The second kappa shape index (κ2) is 6.38. The van der Waals surface area contributed by atoms with Gasteiger partial charge in [0.25, 0.3) is 0 Å². The van der Waals surface area contributed by atoms with E-state index in [9.17, 15) is 4.79 Å². The Morgan fingerprint density at radius 1 is 1.28 bits per heavy atom. The number of nitrogens with one attached hydrogen (secondary N) is 2. The van der Waals surface area contributed by atoms with Crippen LogP contribution in [0.15, 0.2) is 24.5 Å². The molecule has 2 rings (SSSR count). The Labute approximate surface area is 108 Å². The molecule has 18 heavy (non-hydrogen) atoms.